The lowest BCUT2D eigenvalue weighted by atomic mass is 9.98. The summed E-state index contributed by atoms with van der Waals surface area (Å²) in [5, 5.41) is 3.47. The van der Waals surface area contributed by atoms with Crippen LogP contribution in [0.4, 0.5) is 0 Å². The van der Waals surface area contributed by atoms with Gasteiger partial charge in [-0.25, -0.2) is 0 Å². The molecule has 4 heteroatoms. The Morgan fingerprint density at radius 3 is 2.70 bits per heavy atom. The second kappa shape index (κ2) is 8.38. The molecule has 0 saturated heterocycles. The Balaban J connectivity index is 1.64. The van der Waals surface area contributed by atoms with Crippen molar-refractivity contribution in [2.24, 2.45) is 11.8 Å². The molecule has 1 aromatic carbocycles. The quantitative estimate of drug-likeness (QED) is 0.590. The number of benzene rings is 1. The van der Waals surface area contributed by atoms with Crippen LogP contribution in [0.5, 0.6) is 11.5 Å². The summed E-state index contributed by atoms with van der Waals surface area (Å²) in [5.41, 5.74) is 0. The minimum absolute atomic E-state index is 0.651. The molecule has 112 valence electrons. The molecule has 0 amide bonds. The van der Waals surface area contributed by atoms with E-state index in [9.17, 15) is 0 Å². The van der Waals surface area contributed by atoms with Gasteiger partial charge in [0.15, 0.2) is 11.5 Å². The zero-order valence-electron chi connectivity index (χ0n) is 12.1. The van der Waals surface area contributed by atoms with E-state index in [0.29, 0.717) is 12.5 Å². The number of methoxy groups -OCH3 is 1. The van der Waals surface area contributed by atoms with Crippen molar-refractivity contribution in [3.8, 4) is 11.5 Å². The van der Waals surface area contributed by atoms with Crippen molar-refractivity contribution in [2.75, 3.05) is 32.7 Å². The number of para-hydroxylation sites is 2. The van der Waals surface area contributed by atoms with Crippen LogP contribution in [-0.2, 0) is 0 Å². The Kier molecular flexibility index (Phi) is 6.48. The first-order chi connectivity index (χ1) is 9.85. The van der Waals surface area contributed by atoms with Gasteiger partial charge in [-0.05, 0) is 43.4 Å². The standard InChI is InChI=1S/C16H24ClNO2/c1-19-15-7-2-3-8-16(15)20-10-9-18-12-14-6-4-5-13(14)11-17/h2-3,7-8,13-14,18H,4-6,9-12H2,1H3. The van der Waals surface area contributed by atoms with Crippen LogP contribution in [0, 0.1) is 11.8 Å². The lowest BCUT2D eigenvalue weighted by molar-refractivity contribution is 0.285. The van der Waals surface area contributed by atoms with Crippen LogP contribution in [-0.4, -0.2) is 32.7 Å². The zero-order valence-corrected chi connectivity index (χ0v) is 12.9. The van der Waals surface area contributed by atoms with Gasteiger partial charge in [0.1, 0.15) is 6.61 Å². The minimum Gasteiger partial charge on any atom is -0.493 e. The van der Waals surface area contributed by atoms with Gasteiger partial charge in [0.2, 0.25) is 0 Å². The molecule has 0 aromatic heterocycles. The Bertz CT molecular complexity index is 400. The number of ether oxygens (including phenoxy) is 2. The topological polar surface area (TPSA) is 30.5 Å². The highest BCUT2D eigenvalue weighted by atomic mass is 35.5. The monoisotopic (exact) mass is 297 g/mol. The third-order valence-electron chi connectivity index (χ3n) is 4.03. The molecule has 20 heavy (non-hydrogen) atoms. The van der Waals surface area contributed by atoms with Gasteiger partial charge in [-0.2, -0.15) is 0 Å². The molecule has 2 unspecified atom stereocenters. The molecule has 0 spiro atoms. The molecule has 1 aliphatic carbocycles. The highest BCUT2D eigenvalue weighted by molar-refractivity contribution is 6.18. The highest BCUT2D eigenvalue weighted by Crippen LogP contribution is 2.31. The SMILES string of the molecule is COc1ccccc1OCCNCC1CCCC1CCl. The Labute approximate surface area is 126 Å². The zero-order chi connectivity index (χ0) is 14.2. The van der Waals surface area contributed by atoms with Crippen molar-refractivity contribution >= 4 is 11.6 Å². The first-order valence-corrected chi connectivity index (χ1v) is 7.91. The molecule has 2 rings (SSSR count). The highest BCUT2D eigenvalue weighted by Gasteiger charge is 2.25. The van der Waals surface area contributed by atoms with E-state index in [2.05, 4.69) is 5.32 Å². The summed E-state index contributed by atoms with van der Waals surface area (Å²) in [4.78, 5) is 0. The molecule has 0 heterocycles. The number of nitrogens with one attached hydrogen (secondary N) is 1. The number of alkyl halides is 1. The van der Waals surface area contributed by atoms with Gasteiger partial charge in [-0.15, -0.1) is 11.6 Å². The number of halogens is 1. The van der Waals surface area contributed by atoms with Crippen LogP contribution < -0.4 is 14.8 Å². The molecular formula is C16H24ClNO2. The predicted molar refractivity (Wildman–Crippen MR) is 82.9 cm³/mol. The van der Waals surface area contributed by atoms with E-state index < -0.39 is 0 Å². The van der Waals surface area contributed by atoms with E-state index in [1.54, 1.807) is 7.11 Å². The van der Waals surface area contributed by atoms with Crippen LogP contribution in [0.15, 0.2) is 24.3 Å². The fourth-order valence-corrected chi connectivity index (χ4v) is 3.25. The van der Waals surface area contributed by atoms with E-state index in [1.165, 1.54) is 19.3 Å². The van der Waals surface area contributed by atoms with Crippen molar-refractivity contribution < 1.29 is 9.47 Å². The first kappa shape index (κ1) is 15.5. The maximum Gasteiger partial charge on any atom is 0.161 e. The van der Waals surface area contributed by atoms with Gasteiger partial charge >= 0.3 is 0 Å². The molecule has 2 atom stereocenters. The maximum absolute atomic E-state index is 5.99. The van der Waals surface area contributed by atoms with Crippen molar-refractivity contribution in [1.82, 2.24) is 5.32 Å². The molecule has 0 radical (unpaired) electrons. The van der Waals surface area contributed by atoms with Crippen molar-refractivity contribution in [2.45, 2.75) is 19.3 Å². The smallest absolute Gasteiger partial charge is 0.161 e. The van der Waals surface area contributed by atoms with Crippen LogP contribution in [0.25, 0.3) is 0 Å². The van der Waals surface area contributed by atoms with Crippen LogP contribution in [0.2, 0.25) is 0 Å². The molecule has 0 aliphatic heterocycles. The molecule has 1 saturated carbocycles. The molecule has 3 nitrogen and oxygen atoms in total. The molecule has 0 bridgehead atoms. The summed E-state index contributed by atoms with van der Waals surface area (Å²) in [6.07, 6.45) is 3.91. The van der Waals surface area contributed by atoms with Crippen LogP contribution in [0.1, 0.15) is 19.3 Å². The van der Waals surface area contributed by atoms with Gasteiger partial charge in [0, 0.05) is 12.4 Å². The van der Waals surface area contributed by atoms with Crippen molar-refractivity contribution in [1.29, 1.82) is 0 Å². The summed E-state index contributed by atoms with van der Waals surface area (Å²) < 4.78 is 11.0. The van der Waals surface area contributed by atoms with Gasteiger partial charge in [0.05, 0.1) is 7.11 Å². The minimum atomic E-state index is 0.651. The Morgan fingerprint density at radius 2 is 1.95 bits per heavy atom. The molecule has 1 fully saturated rings. The fraction of sp³-hybridized carbons (Fsp3) is 0.625. The Morgan fingerprint density at radius 1 is 1.20 bits per heavy atom. The van der Waals surface area contributed by atoms with E-state index >= 15 is 0 Å². The maximum atomic E-state index is 5.99. The molecule has 1 aromatic rings. The predicted octanol–water partition coefficient (Wildman–Crippen LogP) is 3.32. The van der Waals surface area contributed by atoms with E-state index in [0.717, 1.165) is 36.4 Å². The number of rotatable bonds is 8. The first-order valence-electron chi connectivity index (χ1n) is 7.37. The van der Waals surface area contributed by atoms with Crippen molar-refractivity contribution in [3.63, 3.8) is 0 Å². The average Bonchev–Trinajstić information content (AvgIpc) is 2.95. The molecular weight excluding hydrogens is 274 g/mol. The van der Waals surface area contributed by atoms with Gasteiger partial charge in [-0.3, -0.25) is 0 Å². The third kappa shape index (κ3) is 4.29. The summed E-state index contributed by atoms with van der Waals surface area (Å²) in [7, 11) is 1.66. The number of hydrogen-bond acceptors (Lipinski definition) is 3. The van der Waals surface area contributed by atoms with E-state index in [1.807, 2.05) is 24.3 Å². The van der Waals surface area contributed by atoms with Crippen LogP contribution in [0.3, 0.4) is 0 Å². The molecule has 1 N–H and O–H groups in total. The van der Waals surface area contributed by atoms with Gasteiger partial charge in [0.25, 0.3) is 0 Å². The largest absolute Gasteiger partial charge is 0.493 e. The van der Waals surface area contributed by atoms with Gasteiger partial charge in [-0.1, -0.05) is 18.6 Å². The summed E-state index contributed by atoms with van der Waals surface area (Å²) in [6, 6.07) is 7.73. The second-order valence-corrected chi connectivity index (χ2v) is 5.62. The second-order valence-electron chi connectivity index (χ2n) is 5.31. The fourth-order valence-electron chi connectivity index (χ4n) is 2.84. The Hall–Kier alpha value is -0.930. The average molecular weight is 298 g/mol. The number of hydrogen-bond donors (Lipinski definition) is 1. The lowest BCUT2D eigenvalue weighted by Gasteiger charge is -2.18. The third-order valence-corrected chi connectivity index (χ3v) is 4.42. The van der Waals surface area contributed by atoms with E-state index in [4.69, 9.17) is 21.1 Å². The summed E-state index contributed by atoms with van der Waals surface area (Å²) in [6.45, 7) is 2.55. The molecule has 1 aliphatic rings. The van der Waals surface area contributed by atoms with E-state index in [-0.39, 0.29) is 0 Å². The lowest BCUT2D eigenvalue weighted by Crippen LogP contribution is -2.29. The summed E-state index contributed by atoms with van der Waals surface area (Å²) in [5.74, 6) is 3.81. The van der Waals surface area contributed by atoms with Gasteiger partial charge < -0.3 is 14.8 Å². The van der Waals surface area contributed by atoms with Crippen LogP contribution >= 0.6 is 11.6 Å². The van der Waals surface area contributed by atoms with Crippen molar-refractivity contribution in [3.05, 3.63) is 24.3 Å². The summed E-state index contributed by atoms with van der Waals surface area (Å²) >= 11 is 5.99. The normalized spacial score (nSPS) is 21.9.